The number of nitrogens with one attached hydrogen (secondary N) is 2. The third-order valence-corrected chi connectivity index (χ3v) is 3.16. The Bertz CT molecular complexity index is 408. The Morgan fingerprint density at radius 1 is 1.33 bits per heavy atom. The Labute approximate surface area is 105 Å². The molecule has 0 radical (unpaired) electrons. The van der Waals surface area contributed by atoms with E-state index in [1.807, 2.05) is 0 Å². The SMILES string of the molecule is O=C(NCc1ccc(F)cc1)NC1CCCC1O. The number of urea groups is 1. The number of aliphatic hydroxyl groups is 1. The lowest BCUT2D eigenvalue weighted by molar-refractivity contribution is 0.149. The summed E-state index contributed by atoms with van der Waals surface area (Å²) in [5.74, 6) is -0.294. The maximum Gasteiger partial charge on any atom is 0.315 e. The summed E-state index contributed by atoms with van der Waals surface area (Å²) in [5, 5.41) is 15.0. The number of halogens is 1. The average molecular weight is 252 g/mol. The summed E-state index contributed by atoms with van der Waals surface area (Å²) in [6.07, 6.45) is 2.04. The van der Waals surface area contributed by atoms with Crippen LogP contribution in [0.4, 0.5) is 9.18 Å². The molecular formula is C13H17FN2O2. The van der Waals surface area contributed by atoms with Gasteiger partial charge in [0.1, 0.15) is 5.82 Å². The molecule has 0 aromatic heterocycles. The summed E-state index contributed by atoms with van der Waals surface area (Å²) < 4.78 is 12.7. The van der Waals surface area contributed by atoms with E-state index in [0.29, 0.717) is 6.54 Å². The van der Waals surface area contributed by atoms with Gasteiger partial charge in [0.2, 0.25) is 0 Å². The van der Waals surface area contributed by atoms with Gasteiger partial charge in [-0.2, -0.15) is 0 Å². The van der Waals surface area contributed by atoms with Crippen LogP contribution in [0.5, 0.6) is 0 Å². The molecule has 2 rings (SSSR count). The Hall–Kier alpha value is -1.62. The zero-order chi connectivity index (χ0) is 13.0. The van der Waals surface area contributed by atoms with Gasteiger partial charge in [-0.15, -0.1) is 0 Å². The van der Waals surface area contributed by atoms with Gasteiger partial charge in [-0.3, -0.25) is 0 Å². The molecule has 2 unspecified atom stereocenters. The van der Waals surface area contributed by atoms with Crippen molar-refractivity contribution in [3.8, 4) is 0 Å². The summed E-state index contributed by atoms with van der Waals surface area (Å²) in [5.41, 5.74) is 0.832. The molecule has 18 heavy (non-hydrogen) atoms. The molecule has 1 aliphatic rings. The van der Waals surface area contributed by atoms with E-state index in [1.54, 1.807) is 12.1 Å². The van der Waals surface area contributed by atoms with Crippen molar-refractivity contribution in [2.75, 3.05) is 0 Å². The first-order valence-electron chi connectivity index (χ1n) is 6.12. The van der Waals surface area contributed by atoms with Gasteiger partial charge in [-0.25, -0.2) is 9.18 Å². The van der Waals surface area contributed by atoms with Gasteiger partial charge >= 0.3 is 6.03 Å². The van der Waals surface area contributed by atoms with Crippen molar-refractivity contribution in [1.29, 1.82) is 0 Å². The van der Waals surface area contributed by atoms with Crippen LogP contribution in [0, 0.1) is 5.82 Å². The normalized spacial score (nSPS) is 22.8. The molecule has 0 aliphatic heterocycles. The molecule has 2 amide bonds. The second kappa shape index (κ2) is 5.82. The number of amides is 2. The van der Waals surface area contributed by atoms with Crippen LogP contribution in [0.15, 0.2) is 24.3 Å². The van der Waals surface area contributed by atoms with E-state index >= 15 is 0 Å². The van der Waals surface area contributed by atoms with Crippen molar-refractivity contribution < 1.29 is 14.3 Å². The number of rotatable bonds is 3. The van der Waals surface area contributed by atoms with Crippen LogP contribution in [0.2, 0.25) is 0 Å². The van der Waals surface area contributed by atoms with Crippen molar-refractivity contribution >= 4 is 6.03 Å². The molecule has 0 bridgehead atoms. The molecule has 1 aromatic rings. The number of carbonyl (C=O) groups is 1. The highest BCUT2D eigenvalue weighted by molar-refractivity contribution is 5.74. The summed E-state index contributed by atoms with van der Waals surface area (Å²) in [6, 6.07) is 5.51. The number of aliphatic hydroxyl groups excluding tert-OH is 1. The fraction of sp³-hybridized carbons (Fsp3) is 0.462. The number of hydrogen-bond acceptors (Lipinski definition) is 2. The molecule has 1 aliphatic carbocycles. The summed E-state index contributed by atoms with van der Waals surface area (Å²) in [6.45, 7) is 0.342. The van der Waals surface area contributed by atoms with Gasteiger partial charge < -0.3 is 15.7 Å². The lowest BCUT2D eigenvalue weighted by atomic mass is 10.2. The topological polar surface area (TPSA) is 61.4 Å². The molecule has 1 fully saturated rings. The highest BCUT2D eigenvalue weighted by Crippen LogP contribution is 2.18. The van der Waals surface area contributed by atoms with E-state index in [4.69, 9.17) is 0 Å². The molecule has 1 aromatic carbocycles. The second-order valence-electron chi connectivity index (χ2n) is 4.56. The van der Waals surface area contributed by atoms with Crippen LogP contribution in [-0.4, -0.2) is 23.3 Å². The number of hydrogen-bond donors (Lipinski definition) is 3. The third kappa shape index (κ3) is 3.43. The zero-order valence-electron chi connectivity index (χ0n) is 10.0. The summed E-state index contributed by atoms with van der Waals surface area (Å²) in [7, 11) is 0. The average Bonchev–Trinajstić information content (AvgIpc) is 2.74. The first-order chi connectivity index (χ1) is 8.65. The minimum Gasteiger partial charge on any atom is -0.391 e. The summed E-state index contributed by atoms with van der Waals surface area (Å²) in [4.78, 5) is 11.6. The minimum atomic E-state index is -0.443. The van der Waals surface area contributed by atoms with Gasteiger partial charge in [0, 0.05) is 6.54 Å². The summed E-state index contributed by atoms with van der Waals surface area (Å²) >= 11 is 0. The lowest BCUT2D eigenvalue weighted by Gasteiger charge is -2.16. The van der Waals surface area contributed by atoms with Crippen molar-refractivity contribution in [1.82, 2.24) is 10.6 Å². The standard InChI is InChI=1S/C13H17FN2O2/c14-10-6-4-9(5-7-10)8-15-13(18)16-11-2-1-3-12(11)17/h4-7,11-12,17H,1-3,8H2,(H2,15,16,18). The van der Waals surface area contributed by atoms with Crippen molar-refractivity contribution in [2.24, 2.45) is 0 Å². The van der Waals surface area contributed by atoms with E-state index in [1.165, 1.54) is 12.1 Å². The van der Waals surface area contributed by atoms with Crippen LogP contribution in [-0.2, 0) is 6.54 Å². The van der Waals surface area contributed by atoms with Crippen LogP contribution >= 0.6 is 0 Å². The molecular weight excluding hydrogens is 235 g/mol. The molecule has 0 spiro atoms. The van der Waals surface area contributed by atoms with Gasteiger partial charge in [0.05, 0.1) is 12.1 Å². The Balaban J connectivity index is 1.76. The molecule has 0 heterocycles. The predicted octanol–water partition coefficient (Wildman–Crippen LogP) is 1.54. The molecule has 2 atom stereocenters. The fourth-order valence-corrected chi connectivity index (χ4v) is 2.11. The number of carbonyl (C=O) groups excluding carboxylic acids is 1. The van der Waals surface area contributed by atoms with E-state index in [-0.39, 0.29) is 17.9 Å². The maximum absolute atomic E-state index is 12.7. The van der Waals surface area contributed by atoms with Crippen LogP contribution in [0.3, 0.4) is 0 Å². The monoisotopic (exact) mass is 252 g/mol. The van der Waals surface area contributed by atoms with E-state index in [2.05, 4.69) is 10.6 Å². The molecule has 3 N–H and O–H groups in total. The van der Waals surface area contributed by atoms with Crippen LogP contribution < -0.4 is 10.6 Å². The van der Waals surface area contributed by atoms with Gasteiger partial charge in [0.25, 0.3) is 0 Å². The molecule has 1 saturated carbocycles. The van der Waals surface area contributed by atoms with E-state index < -0.39 is 6.10 Å². The molecule has 98 valence electrons. The maximum atomic E-state index is 12.7. The predicted molar refractivity (Wildman–Crippen MR) is 65.4 cm³/mol. The van der Waals surface area contributed by atoms with Crippen LogP contribution in [0.1, 0.15) is 24.8 Å². The van der Waals surface area contributed by atoms with Gasteiger partial charge in [-0.1, -0.05) is 12.1 Å². The lowest BCUT2D eigenvalue weighted by Crippen LogP contribution is -2.45. The zero-order valence-corrected chi connectivity index (χ0v) is 10.0. The highest BCUT2D eigenvalue weighted by Gasteiger charge is 2.26. The third-order valence-electron chi connectivity index (χ3n) is 3.16. The van der Waals surface area contributed by atoms with E-state index in [0.717, 1.165) is 24.8 Å². The van der Waals surface area contributed by atoms with Crippen molar-refractivity contribution in [3.05, 3.63) is 35.6 Å². The largest absolute Gasteiger partial charge is 0.391 e. The Kier molecular flexibility index (Phi) is 4.15. The highest BCUT2D eigenvalue weighted by atomic mass is 19.1. The van der Waals surface area contributed by atoms with Gasteiger partial charge in [-0.05, 0) is 37.0 Å². The quantitative estimate of drug-likeness (QED) is 0.764. The van der Waals surface area contributed by atoms with Crippen LogP contribution in [0.25, 0.3) is 0 Å². The smallest absolute Gasteiger partial charge is 0.315 e. The van der Waals surface area contributed by atoms with Gasteiger partial charge in [0.15, 0.2) is 0 Å². The Morgan fingerprint density at radius 2 is 2.06 bits per heavy atom. The minimum absolute atomic E-state index is 0.154. The Morgan fingerprint density at radius 3 is 2.67 bits per heavy atom. The van der Waals surface area contributed by atoms with Crippen molar-refractivity contribution in [3.63, 3.8) is 0 Å². The molecule has 4 nitrogen and oxygen atoms in total. The first kappa shape index (κ1) is 12.8. The molecule has 5 heteroatoms. The van der Waals surface area contributed by atoms with Crippen molar-refractivity contribution in [2.45, 2.75) is 38.0 Å². The fourth-order valence-electron chi connectivity index (χ4n) is 2.11. The second-order valence-corrected chi connectivity index (χ2v) is 4.56. The first-order valence-corrected chi connectivity index (χ1v) is 6.12. The van der Waals surface area contributed by atoms with E-state index in [9.17, 15) is 14.3 Å². The number of benzene rings is 1. The molecule has 0 saturated heterocycles.